The van der Waals surface area contributed by atoms with Gasteiger partial charge in [0.2, 0.25) is 0 Å². The van der Waals surface area contributed by atoms with Crippen molar-refractivity contribution in [2.24, 2.45) is 4.99 Å². The highest BCUT2D eigenvalue weighted by Crippen LogP contribution is 2.40. The fourth-order valence-electron chi connectivity index (χ4n) is 4.19. The number of hydrogen-bond donors (Lipinski definition) is 0. The standard InChI is InChI=1S/C23H28ClN.C8H8F2.C2H6/c1-6-10-17(5)22(7-2)25-23(8-3)20-12-9-11-19(20)21-15-18(24)14-13-16(21)4;1-2-6-3-4-7(9)5-8(6)10;1-2/h7-8,13-15H,2,5-6,9-12H2,1,3-4H3;3-5H,2H2,1H3;1-2H3/b23-8-,25-22?;;. The highest BCUT2D eigenvalue weighted by molar-refractivity contribution is 6.30. The Balaban J connectivity index is 0.000000475. The molecule has 0 saturated heterocycles. The van der Waals surface area contributed by atoms with Crippen molar-refractivity contribution in [3.63, 3.8) is 0 Å². The molecule has 0 saturated carbocycles. The van der Waals surface area contributed by atoms with E-state index >= 15 is 0 Å². The van der Waals surface area contributed by atoms with E-state index in [2.05, 4.69) is 52.1 Å². The van der Waals surface area contributed by atoms with Crippen molar-refractivity contribution in [1.82, 2.24) is 0 Å². The van der Waals surface area contributed by atoms with Gasteiger partial charge in [0.25, 0.3) is 0 Å². The quantitative estimate of drug-likeness (QED) is 0.304. The van der Waals surface area contributed by atoms with Crippen molar-refractivity contribution in [3.05, 3.63) is 112 Å². The minimum atomic E-state index is -0.519. The Bertz CT molecular complexity index is 1150. The van der Waals surface area contributed by atoms with Crippen LogP contribution in [-0.2, 0) is 6.42 Å². The van der Waals surface area contributed by atoms with Gasteiger partial charge in [-0.2, -0.15) is 0 Å². The summed E-state index contributed by atoms with van der Waals surface area (Å²) < 4.78 is 24.9. The van der Waals surface area contributed by atoms with E-state index in [0.29, 0.717) is 12.0 Å². The molecule has 0 unspecified atom stereocenters. The molecule has 0 radical (unpaired) electrons. The van der Waals surface area contributed by atoms with Crippen LogP contribution in [0.4, 0.5) is 8.78 Å². The number of aryl methyl sites for hydroxylation is 2. The smallest absolute Gasteiger partial charge is 0.129 e. The lowest BCUT2D eigenvalue weighted by atomic mass is 9.96. The van der Waals surface area contributed by atoms with Gasteiger partial charge in [-0.15, -0.1) is 0 Å². The maximum Gasteiger partial charge on any atom is 0.129 e. The van der Waals surface area contributed by atoms with Crippen LogP contribution < -0.4 is 0 Å². The number of rotatable bonds is 8. The van der Waals surface area contributed by atoms with Crippen LogP contribution in [0, 0.1) is 18.6 Å². The number of aliphatic imine (C=N–C) groups is 1. The monoisotopic (exact) mass is 525 g/mol. The maximum atomic E-state index is 12.6. The van der Waals surface area contributed by atoms with Crippen LogP contribution in [0.15, 0.2) is 83.5 Å². The van der Waals surface area contributed by atoms with E-state index in [-0.39, 0.29) is 0 Å². The topological polar surface area (TPSA) is 12.4 Å². The zero-order valence-electron chi connectivity index (χ0n) is 23.4. The predicted molar refractivity (Wildman–Crippen MR) is 159 cm³/mol. The molecule has 0 aliphatic heterocycles. The Morgan fingerprint density at radius 1 is 1.08 bits per heavy atom. The summed E-state index contributed by atoms with van der Waals surface area (Å²) in [5, 5.41) is 0.785. The van der Waals surface area contributed by atoms with Crippen LogP contribution >= 0.6 is 11.6 Å². The van der Waals surface area contributed by atoms with E-state index in [9.17, 15) is 8.78 Å². The van der Waals surface area contributed by atoms with Crippen LogP contribution in [0.25, 0.3) is 5.57 Å². The highest BCUT2D eigenvalue weighted by atomic mass is 35.5. The molecule has 1 aliphatic carbocycles. The first-order valence-corrected chi connectivity index (χ1v) is 13.6. The van der Waals surface area contributed by atoms with Crippen molar-refractivity contribution in [3.8, 4) is 0 Å². The van der Waals surface area contributed by atoms with Gasteiger partial charge in [0.15, 0.2) is 0 Å². The van der Waals surface area contributed by atoms with Crippen LogP contribution in [-0.4, -0.2) is 5.71 Å². The summed E-state index contributed by atoms with van der Waals surface area (Å²) in [6.45, 7) is 20.3. The Morgan fingerprint density at radius 2 is 1.78 bits per heavy atom. The highest BCUT2D eigenvalue weighted by Gasteiger charge is 2.20. The zero-order valence-corrected chi connectivity index (χ0v) is 24.1. The molecule has 1 aliphatic rings. The first-order chi connectivity index (χ1) is 17.7. The molecular weight excluding hydrogens is 484 g/mol. The second-order valence-electron chi connectivity index (χ2n) is 8.59. The molecule has 0 amide bonds. The Morgan fingerprint density at radius 3 is 2.35 bits per heavy atom. The summed E-state index contributed by atoms with van der Waals surface area (Å²) in [6.07, 6.45) is 9.81. The molecule has 0 spiro atoms. The Kier molecular flexibility index (Phi) is 14.7. The van der Waals surface area contributed by atoms with Gasteiger partial charge in [-0.3, -0.25) is 0 Å². The second-order valence-corrected chi connectivity index (χ2v) is 9.02. The van der Waals surface area contributed by atoms with E-state index in [1.54, 1.807) is 0 Å². The minimum absolute atomic E-state index is 0.456. The van der Waals surface area contributed by atoms with Crippen molar-refractivity contribution >= 4 is 22.9 Å². The fraction of sp³-hybridized carbons (Fsp3) is 0.364. The van der Waals surface area contributed by atoms with Crippen molar-refractivity contribution in [1.29, 1.82) is 0 Å². The normalized spacial score (nSPS) is 13.4. The number of benzene rings is 2. The van der Waals surface area contributed by atoms with Gasteiger partial charge in [0, 0.05) is 11.1 Å². The molecule has 2 aromatic carbocycles. The van der Waals surface area contributed by atoms with Gasteiger partial charge in [0.1, 0.15) is 11.6 Å². The van der Waals surface area contributed by atoms with Crippen molar-refractivity contribution in [2.45, 2.75) is 80.1 Å². The largest absolute Gasteiger partial charge is 0.249 e. The SMILES string of the molecule is C=CC(=N/C(=C\C)C1=C(c2cc(Cl)ccc2C)CCC1)C(=C)CCC.CC.CCc1ccc(F)cc1F. The molecule has 2 aromatic rings. The van der Waals surface area contributed by atoms with E-state index in [1.165, 1.54) is 34.4 Å². The lowest BCUT2D eigenvalue weighted by Gasteiger charge is -2.13. The predicted octanol–water partition coefficient (Wildman–Crippen LogP) is 11.0. The van der Waals surface area contributed by atoms with Gasteiger partial charge < -0.3 is 0 Å². The maximum absolute atomic E-state index is 12.6. The Labute approximate surface area is 228 Å². The van der Waals surface area contributed by atoms with E-state index < -0.39 is 11.6 Å². The van der Waals surface area contributed by atoms with Crippen LogP contribution in [0.3, 0.4) is 0 Å². The summed E-state index contributed by atoms with van der Waals surface area (Å²) in [5.74, 6) is -0.975. The van der Waals surface area contributed by atoms with Crippen LogP contribution in [0.5, 0.6) is 0 Å². The number of halogens is 3. The summed E-state index contributed by atoms with van der Waals surface area (Å²) in [7, 11) is 0. The summed E-state index contributed by atoms with van der Waals surface area (Å²) in [6, 6.07) is 9.76. The average molecular weight is 526 g/mol. The van der Waals surface area contributed by atoms with E-state index in [1.807, 2.05) is 32.9 Å². The molecule has 0 fully saturated rings. The third kappa shape index (κ3) is 9.55. The average Bonchev–Trinajstić information content (AvgIpc) is 3.37. The number of hydrogen-bond acceptors (Lipinski definition) is 1. The van der Waals surface area contributed by atoms with Crippen molar-refractivity contribution < 1.29 is 8.78 Å². The lowest BCUT2D eigenvalue weighted by molar-refractivity contribution is 0.573. The third-order valence-electron chi connectivity index (χ3n) is 6.07. The molecule has 37 heavy (non-hydrogen) atoms. The second kappa shape index (κ2) is 16.9. The molecule has 0 N–H and O–H groups in total. The number of allylic oxidation sites excluding steroid dienone is 5. The molecule has 0 bridgehead atoms. The summed E-state index contributed by atoms with van der Waals surface area (Å²) in [4.78, 5) is 4.91. The first kappa shape index (κ1) is 32.2. The third-order valence-corrected chi connectivity index (χ3v) is 6.30. The molecule has 0 heterocycles. The molecule has 0 aromatic heterocycles. The van der Waals surface area contributed by atoms with Gasteiger partial charge in [-0.1, -0.05) is 77.1 Å². The minimum Gasteiger partial charge on any atom is -0.249 e. The van der Waals surface area contributed by atoms with E-state index in [0.717, 1.165) is 60.2 Å². The summed E-state index contributed by atoms with van der Waals surface area (Å²) in [5.41, 5.74) is 8.77. The van der Waals surface area contributed by atoms with Gasteiger partial charge in [-0.25, -0.2) is 13.8 Å². The lowest BCUT2D eigenvalue weighted by Crippen LogP contribution is -2.00. The molecule has 1 nitrogen and oxygen atoms in total. The van der Waals surface area contributed by atoms with Crippen LogP contribution in [0.2, 0.25) is 5.02 Å². The molecule has 0 atom stereocenters. The number of nitrogens with zero attached hydrogens (tertiary/aromatic N) is 1. The molecule has 200 valence electrons. The first-order valence-electron chi connectivity index (χ1n) is 13.2. The zero-order chi connectivity index (χ0) is 28.0. The molecular formula is C33H42ClF2N. The van der Waals surface area contributed by atoms with Crippen LogP contribution in [0.1, 0.15) is 83.4 Å². The fourth-order valence-corrected chi connectivity index (χ4v) is 4.36. The molecule has 4 heteroatoms. The van der Waals surface area contributed by atoms with Gasteiger partial charge in [-0.05, 0) is 104 Å². The Hall–Kier alpha value is -2.78. The molecule has 3 rings (SSSR count). The van der Waals surface area contributed by atoms with Crippen molar-refractivity contribution in [2.75, 3.05) is 0 Å². The van der Waals surface area contributed by atoms with Gasteiger partial charge in [0.05, 0.1) is 11.4 Å². The summed E-state index contributed by atoms with van der Waals surface area (Å²) >= 11 is 6.25. The van der Waals surface area contributed by atoms with Gasteiger partial charge >= 0.3 is 0 Å². The van der Waals surface area contributed by atoms with E-state index in [4.69, 9.17) is 16.6 Å².